The van der Waals surface area contributed by atoms with Gasteiger partial charge in [-0.1, -0.05) is 91.0 Å². The first kappa shape index (κ1) is 25.1. The molecule has 0 saturated heterocycles. The Morgan fingerprint density at radius 2 is 0.861 bits per heavy atom. The standard InChI is InChI=1S/C30H30O6/c1-33-25-20-24(26(34-2)28(36-4)27(25)35-3)30(32,23-18-12-7-13-19-23)29(31,21-14-8-5-9-15-21)22-16-10-6-11-17-22/h5-20,31-32H,1-4H3. The zero-order valence-corrected chi connectivity index (χ0v) is 20.8. The third kappa shape index (κ3) is 3.85. The Balaban J connectivity index is 2.21. The second-order valence-electron chi connectivity index (χ2n) is 8.25. The topological polar surface area (TPSA) is 77.4 Å². The minimum absolute atomic E-state index is 0.201. The van der Waals surface area contributed by atoms with Crippen molar-refractivity contribution in [1.29, 1.82) is 0 Å². The van der Waals surface area contributed by atoms with Crippen LogP contribution in [0.1, 0.15) is 22.3 Å². The quantitative estimate of drug-likeness (QED) is 0.351. The van der Waals surface area contributed by atoms with Crippen molar-refractivity contribution < 1.29 is 29.2 Å². The Morgan fingerprint density at radius 1 is 0.472 bits per heavy atom. The molecule has 186 valence electrons. The van der Waals surface area contributed by atoms with Gasteiger partial charge < -0.3 is 29.2 Å². The number of rotatable bonds is 9. The predicted molar refractivity (Wildman–Crippen MR) is 138 cm³/mol. The Kier molecular flexibility index (Phi) is 7.20. The Labute approximate surface area is 211 Å². The maximum atomic E-state index is 13.0. The summed E-state index contributed by atoms with van der Waals surface area (Å²) in [6, 6.07) is 28.7. The minimum atomic E-state index is -2.07. The van der Waals surface area contributed by atoms with Gasteiger partial charge in [0.15, 0.2) is 22.7 Å². The number of benzene rings is 4. The maximum Gasteiger partial charge on any atom is 0.207 e. The normalized spacial score (nSPS) is 12.9. The fourth-order valence-electron chi connectivity index (χ4n) is 4.78. The zero-order chi connectivity index (χ0) is 25.8. The van der Waals surface area contributed by atoms with Crippen molar-refractivity contribution in [3.8, 4) is 23.0 Å². The van der Waals surface area contributed by atoms with Crippen LogP contribution in [0.2, 0.25) is 0 Å². The molecule has 4 rings (SSSR count). The van der Waals surface area contributed by atoms with Crippen LogP contribution in [-0.2, 0) is 11.2 Å². The van der Waals surface area contributed by atoms with Crippen LogP contribution in [0.5, 0.6) is 23.0 Å². The number of hydrogen-bond donors (Lipinski definition) is 2. The molecule has 2 N–H and O–H groups in total. The highest BCUT2D eigenvalue weighted by molar-refractivity contribution is 5.67. The van der Waals surface area contributed by atoms with Crippen LogP contribution in [0.3, 0.4) is 0 Å². The molecule has 6 heteroatoms. The van der Waals surface area contributed by atoms with E-state index >= 15 is 0 Å². The maximum absolute atomic E-state index is 13.0. The molecule has 4 aromatic carbocycles. The molecule has 0 bridgehead atoms. The summed E-state index contributed by atoms with van der Waals surface area (Å²) in [6.07, 6.45) is 0. The molecule has 4 aromatic rings. The summed E-state index contributed by atoms with van der Waals surface area (Å²) in [5.74, 6) is 1.04. The lowest BCUT2D eigenvalue weighted by atomic mass is 9.66. The van der Waals surface area contributed by atoms with E-state index in [0.29, 0.717) is 28.2 Å². The fourth-order valence-corrected chi connectivity index (χ4v) is 4.78. The van der Waals surface area contributed by atoms with Crippen LogP contribution in [0.25, 0.3) is 0 Å². The SMILES string of the molecule is COc1cc(C(O)(c2ccccc2)C(O)(c2ccccc2)c2ccccc2)c(OC)c(OC)c1OC. The van der Waals surface area contributed by atoms with Crippen LogP contribution in [0.15, 0.2) is 97.1 Å². The van der Waals surface area contributed by atoms with Crippen molar-refractivity contribution in [3.63, 3.8) is 0 Å². The van der Waals surface area contributed by atoms with E-state index in [1.54, 1.807) is 54.6 Å². The van der Waals surface area contributed by atoms with Gasteiger partial charge >= 0.3 is 0 Å². The lowest BCUT2D eigenvalue weighted by Crippen LogP contribution is -2.51. The van der Waals surface area contributed by atoms with Crippen molar-refractivity contribution >= 4 is 0 Å². The largest absolute Gasteiger partial charge is 0.493 e. The molecule has 0 amide bonds. The molecule has 0 spiro atoms. The van der Waals surface area contributed by atoms with Crippen molar-refractivity contribution in [2.45, 2.75) is 11.2 Å². The number of ether oxygens (including phenoxy) is 4. The molecule has 0 aromatic heterocycles. The number of methoxy groups -OCH3 is 4. The second-order valence-corrected chi connectivity index (χ2v) is 8.25. The van der Waals surface area contributed by atoms with E-state index < -0.39 is 11.2 Å². The molecular weight excluding hydrogens is 456 g/mol. The molecule has 1 atom stereocenters. The first-order valence-electron chi connectivity index (χ1n) is 11.5. The Bertz CT molecular complexity index is 1250. The molecular formula is C30H30O6. The summed E-state index contributed by atoms with van der Waals surface area (Å²) in [6.45, 7) is 0. The summed E-state index contributed by atoms with van der Waals surface area (Å²) >= 11 is 0. The molecule has 1 unspecified atom stereocenters. The number of hydrogen-bond acceptors (Lipinski definition) is 6. The van der Waals surface area contributed by atoms with Gasteiger partial charge in [0.1, 0.15) is 0 Å². The molecule has 0 saturated carbocycles. The first-order valence-corrected chi connectivity index (χ1v) is 11.5. The van der Waals surface area contributed by atoms with Gasteiger partial charge in [-0.05, 0) is 22.8 Å². The second kappa shape index (κ2) is 10.3. The van der Waals surface area contributed by atoms with Gasteiger partial charge in [-0.25, -0.2) is 0 Å². The van der Waals surface area contributed by atoms with Gasteiger partial charge in [-0.15, -0.1) is 0 Å². The summed E-state index contributed by atoms with van der Waals surface area (Å²) in [5, 5.41) is 25.8. The van der Waals surface area contributed by atoms with Gasteiger partial charge in [0.25, 0.3) is 0 Å². The van der Waals surface area contributed by atoms with Gasteiger partial charge in [-0.2, -0.15) is 0 Å². The van der Waals surface area contributed by atoms with E-state index in [9.17, 15) is 10.2 Å². The van der Waals surface area contributed by atoms with Crippen LogP contribution in [-0.4, -0.2) is 38.7 Å². The number of aliphatic hydroxyl groups is 2. The molecule has 0 radical (unpaired) electrons. The first-order chi connectivity index (χ1) is 17.5. The molecule has 0 fully saturated rings. The highest BCUT2D eigenvalue weighted by atomic mass is 16.5. The molecule has 0 aliphatic heterocycles. The fraction of sp³-hybridized carbons (Fsp3) is 0.200. The summed E-state index contributed by atoms with van der Waals surface area (Å²) in [4.78, 5) is 0. The summed E-state index contributed by atoms with van der Waals surface area (Å²) in [5.41, 5.74) is -2.39. The summed E-state index contributed by atoms with van der Waals surface area (Å²) in [7, 11) is 5.94. The van der Waals surface area contributed by atoms with E-state index in [0.717, 1.165) is 0 Å². The monoisotopic (exact) mass is 486 g/mol. The van der Waals surface area contributed by atoms with E-state index in [1.807, 2.05) is 42.5 Å². The van der Waals surface area contributed by atoms with Crippen LogP contribution in [0, 0.1) is 0 Å². The molecule has 0 heterocycles. The van der Waals surface area contributed by atoms with Crippen LogP contribution in [0.4, 0.5) is 0 Å². The van der Waals surface area contributed by atoms with Crippen molar-refractivity contribution in [2.75, 3.05) is 28.4 Å². The third-order valence-electron chi connectivity index (χ3n) is 6.48. The average Bonchev–Trinajstić information content (AvgIpc) is 2.96. The Hall–Kier alpha value is -4.00. The highest BCUT2D eigenvalue weighted by Crippen LogP contribution is 2.57. The smallest absolute Gasteiger partial charge is 0.207 e. The van der Waals surface area contributed by atoms with Gasteiger partial charge in [0.2, 0.25) is 11.5 Å². The van der Waals surface area contributed by atoms with Crippen LogP contribution >= 0.6 is 0 Å². The lowest BCUT2D eigenvalue weighted by molar-refractivity contribution is -0.114. The highest BCUT2D eigenvalue weighted by Gasteiger charge is 2.56. The van der Waals surface area contributed by atoms with Gasteiger partial charge in [0.05, 0.1) is 28.4 Å². The van der Waals surface area contributed by atoms with Gasteiger partial charge in [-0.3, -0.25) is 0 Å². The van der Waals surface area contributed by atoms with Crippen LogP contribution < -0.4 is 18.9 Å². The lowest BCUT2D eigenvalue weighted by Gasteiger charge is -2.45. The predicted octanol–water partition coefficient (Wildman–Crippen LogP) is 4.89. The van der Waals surface area contributed by atoms with E-state index in [1.165, 1.54) is 28.4 Å². The summed E-state index contributed by atoms with van der Waals surface area (Å²) < 4.78 is 22.7. The van der Waals surface area contributed by atoms with Crippen molar-refractivity contribution in [2.24, 2.45) is 0 Å². The van der Waals surface area contributed by atoms with Crippen molar-refractivity contribution in [1.82, 2.24) is 0 Å². The van der Waals surface area contributed by atoms with E-state index in [-0.39, 0.29) is 17.1 Å². The average molecular weight is 487 g/mol. The van der Waals surface area contributed by atoms with Crippen molar-refractivity contribution in [3.05, 3.63) is 119 Å². The minimum Gasteiger partial charge on any atom is -0.493 e. The molecule has 0 aliphatic rings. The van der Waals surface area contributed by atoms with E-state index in [2.05, 4.69) is 0 Å². The molecule has 6 nitrogen and oxygen atoms in total. The van der Waals surface area contributed by atoms with E-state index in [4.69, 9.17) is 18.9 Å². The van der Waals surface area contributed by atoms with Gasteiger partial charge in [0, 0.05) is 5.56 Å². The molecule has 36 heavy (non-hydrogen) atoms. The third-order valence-corrected chi connectivity index (χ3v) is 6.48. The zero-order valence-electron chi connectivity index (χ0n) is 20.8. The Morgan fingerprint density at radius 3 is 1.22 bits per heavy atom. The molecule has 0 aliphatic carbocycles.